The van der Waals surface area contributed by atoms with Gasteiger partial charge < -0.3 is 21.1 Å². The summed E-state index contributed by atoms with van der Waals surface area (Å²) in [5.74, 6) is -0.581. The number of nitrogens with zero attached hydrogens (tertiary/aromatic N) is 4. The molecule has 2 aliphatic rings. The number of anilines is 2. The summed E-state index contributed by atoms with van der Waals surface area (Å²) in [5.41, 5.74) is 6.31. The van der Waals surface area contributed by atoms with Crippen molar-refractivity contribution in [2.24, 2.45) is 11.7 Å². The molecule has 1 unspecified atom stereocenters. The molecule has 188 valence electrons. The third kappa shape index (κ3) is 6.34. The van der Waals surface area contributed by atoms with Gasteiger partial charge in [-0.3, -0.25) is 9.69 Å². The Morgan fingerprint density at radius 3 is 2.62 bits per heavy atom. The molecule has 4 rings (SSSR count). The normalized spacial score (nSPS) is 22.6. The average molecular weight is 495 g/mol. The smallest absolute Gasteiger partial charge is 0.231 e. The van der Waals surface area contributed by atoms with Crippen LogP contribution < -0.4 is 16.0 Å². The summed E-state index contributed by atoms with van der Waals surface area (Å²) in [6.07, 6.45) is 3.25. The van der Waals surface area contributed by atoms with E-state index < -0.39 is 17.8 Å². The summed E-state index contributed by atoms with van der Waals surface area (Å²) in [7, 11) is 0. The largest absolute Gasteiger partial charge is 0.391 e. The highest BCUT2D eigenvalue weighted by Gasteiger charge is 2.31. The molecule has 1 aromatic carbocycles. The van der Waals surface area contributed by atoms with Crippen molar-refractivity contribution in [2.75, 3.05) is 42.9 Å². The topological polar surface area (TPSA) is 108 Å². The molecule has 0 bridgehead atoms. The number of carbonyl (C=O) groups is 1. The number of aromatic nitrogens is 2. The van der Waals surface area contributed by atoms with Crippen molar-refractivity contribution in [3.05, 3.63) is 47.0 Å². The molecule has 0 saturated carbocycles. The second kappa shape index (κ2) is 12.3. The maximum Gasteiger partial charge on any atom is 0.231 e. The quantitative estimate of drug-likeness (QED) is 0.541. The van der Waals surface area contributed by atoms with Crippen molar-refractivity contribution in [3.63, 3.8) is 0 Å². The fourth-order valence-corrected chi connectivity index (χ4v) is 4.74. The van der Waals surface area contributed by atoms with Gasteiger partial charge in [-0.1, -0.05) is 38.6 Å². The number of aliphatic hydroxyl groups excluding tert-OH is 1. The number of amides is 1. The van der Waals surface area contributed by atoms with Crippen LogP contribution in [0.1, 0.15) is 45.7 Å². The van der Waals surface area contributed by atoms with Gasteiger partial charge in [0, 0.05) is 30.6 Å². The van der Waals surface area contributed by atoms with E-state index in [-0.39, 0.29) is 45.0 Å². The Balaban J connectivity index is 0.00000204. The number of rotatable bonds is 7. The fraction of sp³-hybridized carbons (Fsp3) is 0.542. The van der Waals surface area contributed by atoms with E-state index in [2.05, 4.69) is 15.3 Å². The molecular formula is C24H36ClFN6O2. The van der Waals surface area contributed by atoms with Crippen LogP contribution in [0, 0.1) is 11.7 Å². The predicted octanol–water partition coefficient (Wildman–Crippen LogP) is 3.46. The lowest BCUT2D eigenvalue weighted by molar-refractivity contribution is -0.120. The Kier molecular flexibility index (Phi) is 10.0. The highest BCUT2D eigenvalue weighted by molar-refractivity contribution is 6.30. The summed E-state index contributed by atoms with van der Waals surface area (Å²) >= 11 is 6.01. The van der Waals surface area contributed by atoms with Crippen LogP contribution >= 0.6 is 11.6 Å². The number of nitrogens with one attached hydrogen (secondary N) is 1. The summed E-state index contributed by atoms with van der Waals surface area (Å²) < 4.78 is 15.4. The van der Waals surface area contributed by atoms with E-state index in [1.54, 1.807) is 0 Å². The molecule has 3 heterocycles. The van der Waals surface area contributed by atoms with Crippen LogP contribution in [0.25, 0.3) is 0 Å². The van der Waals surface area contributed by atoms with E-state index in [4.69, 9.17) is 17.3 Å². The Morgan fingerprint density at radius 1 is 1.21 bits per heavy atom. The molecule has 34 heavy (non-hydrogen) atoms. The Hall–Kier alpha value is -2.49. The minimum atomic E-state index is -0.632. The number of aliphatic hydroxyl groups is 1. The molecule has 4 N–H and O–H groups in total. The molecule has 2 saturated heterocycles. The average Bonchev–Trinajstić information content (AvgIpc) is 3.24. The maximum absolute atomic E-state index is 15.4. The second-order valence-electron chi connectivity index (χ2n) is 8.46. The van der Waals surface area contributed by atoms with Crippen molar-refractivity contribution >= 4 is 29.1 Å². The molecular weight excluding hydrogens is 459 g/mol. The van der Waals surface area contributed by atoms with Gasteiger partial charge in [-0.2, -0.15) is 4.39 Å². The zero-order chi connectivity index (χ0) is 22.7. The first-order chi connectivity index (χ1) is 15.4. The van der Waals surface area contributed by atoms with Gasteiger partial charge in [-0.15, -0.1) is 0 Å². The number of β-amino-alcohol motifs (C(OH)–C–C–N with tert-alkyl or cyclic N) is 1. The molecule has 10 heteroatoms. The van der Waals surface area contributed by atoms with Crippen molar-refractivity contribution < 1.29 is 14.3 Å². The minimum absolute atomic E-state index is 0. The summed E-state index contributed by atoms with van der Waals surface area (Å²) in [5, 5.41) is 14.2. The van der Waals surface area contributed by atoms with Crippen LogP contribution in [0.3, 0.4) is 0 Å². The van der Waals surface area contributed by atoms with Gasteiger partial charge >= 0.3 is 0 Å². The number of likely N-dealkylation sites (tertiary alicyclic amines) is 1. The fourth-order valence-electron chi connectivity index (χ4n) is 4.61. The number of piperidine rings is 1. The Morgan fingerprint density at radius 2 is 1.94 bits per heavy atom. The van der Waals surface area contributed by atoms with E-state index in [1.807, 2.05) is 34.1 Å². The first kappa shape index (κ1) is 27.8. The van der Waals surface area contributed by atoms with Crippen LogP contribution in [0.2, 0.25) is 5.02 Å². The highest BCUT2D eigenvalue weighted by Crippen LogP contribution is 2.37. The first-order valence-corrected chi connectivity index (χ1v) is 11.3. The molecule has 0 radical (unpaired) electrons. The van der Waals surface area contributed by atoms with E-state index >= 15 is 4.39 Å². The third-order valence-corrected chi connectivity index (χ3v) is 6.52. The lowest BCUT2D eigenvalue weighted by Crippen LogP contribution is -2.48. The Labute approximate surface area is 206 Å². The molecule has 1 aromatic heterocycles. The lowest BCUT2D eigenvalue weighted by Gasteiger charge is -2.35. The summed E-state index contributed by atoms with van der Waals surface area (Å²) in [4.78, 5) is 23.2. The lowest BCUT2D eigenvalue weighted by atomic mass is 9.93. The molecule has 0 aliphatic carbocycles. The molecule has 1 amide bonds. The number of carbonyl (C=O) groups excluding carboxylic acids is 1. The minimum Gasteiger partial charge on any atom is -0.391 e. The SMILES string of the molecule is C.C.NC(=O)CN1CC[C@@H](CNc2ncnc(N3CCCC3c3ccc(Cl)cc3)c2F)[C@H](O)C1. The Bertz CT molecular complexity index is 948. The van der Waals surface area contributed by atoms with Gasteiger partial charge in [0.1, 0.15) is 6.33 Å². The predicted molar refractivity (Wildman–Crippen MR) is 134 cm³/mol. The molecule has 0 spiro atoms. The summed E-state index contributed by atoms with van der Waals surface area (Å²) in [6, 6.07) is 7.65. The van der Waals surface area contributed by atoms with Gasteiger partial charge in [0.05, 0.1) is 18.7 Å². The van der Waals surface area contributed by atoms with Crippen molar-refractivity contribution in [2.45, 2.75) is 46.3 Å². The number of halogens is 2. The van der Waals surface area contributed by atoms with E-state index in [0.717, 1.165) is 18.4 Å². The second-order valence-corrected chi connectivity index (χ2v) is 8.90. The first-order valence-electron chi connectivity index (χ1n) is 10.9. The van der Waals surface area contributed by atoms with Crippen LogP contribution in [-0.4, -0.2) is 64.7 Å². The number of benzene rings is 1. The molecule has 8 nitrogen and oxygen atoms in total. The van der Waals surface area contributed by atoms with E-state index in [0.29, 0.717) is 37.6 Å². The van der Waals surface area contributed by atoms with Crippen molar-refractivity contribution in [1.29, 1.82) is 0 Å². The zero-order valence-electron chi connectivity index (χ0n) is 17.8. The standard InChI is InChI=1S/C22H28ClFN6O2.2CH4/c23-16-5-3-14(4-6-16)17-2-1-8-30(17)22-20(24)21(27-13-28-22)26-10-15-7-9-29(11-18(15)31)12-19(25)32;;/h3-6,13,15,17-18,31H,1-2,7-12H2,(H2,25,32)(H,26,27,28);2*1H4/t15-,17?,18+;;/m0../s1. The molecule has 2 aliphatic heterocycles. The highest BCUT2D eigenvalue weighted by atomic mass is 35.5. The molecule has 2 aromatic rings. The van der Waals surface area contributed by atoms with Gasteiger partial charge in [0.2, 0.25) is 11.7 Å². The van der Waals surface area contributed by atoms with Crippen LogP contribution in [-0.2, 0) is 4.79 Å². The molecule has 2 fully saturated rings. The maximum atomic E-state index is 15.4. The van der Waals surface area contributed by atoms with Crippen LogP contribution in [0.5, 0.6) is 0 Å². The van der Waals surface area contributed by atoms with Gasteiger partial charge in [-0.25, -0.2) is 9.97 Å². The van der Waals surface area contributed by atoms with Gasteiger partial charge in [-0.05, 0) is 43.5 Å². The number of hydrogen-bond donors (Lipinski definition) is 3. The summed E-state index contributed by atoms with van der Waals surface area (Å²) in [6.45, 7) is 2.23. The number of hydrogen-bond acceptors (Lipinski definition) is 7. The van der Waals surface area contributed by atoms with E-state index in [9.17, 15) is 9.90 Å². The number of primary amides is 1. The number of nitrogens with two attached hydrogens (primary N) is 1. The van der Waals surface area contributed by atoms with E-state index in [1.165, 1.54) is 6.33 Å². The molecule has 3 atom stereocenters. The van der Waals surface area contributed by atoms with Gasteiger partial charge in [0.15, 0.2) is 11.6 Å². The van der Waals surface area contributed by atoms with Crippen molar-refractivity contribution in [1.82, 2.24) is 14.9 Å². The third-order valence-electron chi connectivity index (χ3n) is 6.27. The van der Waals surface area contributed by atoms with Gasteiger partial charge in [0.25, 0.3) is 0 Å². The van der Waals surface area contributed by atoms with Crippen molar-refractivity contribution in [3.8, 4) is 0 Å². The zero-order valence-corrected chi connectivity index (χ0v) is 18.5. The van der Waals surface area contributed by atoms with Crippen LogP contribution in [0.15, 0.2) is 30.6 Å². The monoisotopic (exact) mass is 494 g/mol. The van der Waals surface area contributed by atoms with Crippen LogP contribution in [0.4, 0.5) is 16.0 Å².